The first-order valence-electron chi connectivity index (χ1n) is 1.34. The number of carbonyl (C=O) groups is 1. The van der Waals surface area contributed by atoms with Crippen LogP contribution < -0.4 is 24.9 Å². The molecule has 0 aliphatic heterocycles. The predicted molar refractivity (Wildman–Crippen MR) is 13.0 cm³/mol. The molecule has 0 heterocycles. The molecule has 0 spiro atoms. The molecule has 0 N–H and O–H groups in total. The van der Waals surface area contributed by atoms with E-state index in [0.717, 1.165) is 0 Å². The Labute approximate surface area is 82.6 Å². The zero-order valence-corrected chi connectivity index (χ0v) is 7.61. The van der Waals surface area contributed by atoms with Crippen molar-refractivity contribution in [1.82, 2.24) is 0 Å². The Morgan fingerprint density at radius 1 is 1.09 bits per heavy atom. The summed E-state index contributed by atoms with van der Waals surface area (Å²) in [7, 11) is -5.39. The van der Waals surface area contributed by atoms with Gasteiger partial charge >= 0.3 is 34.1 Å². The van der Waals surface area contributed by atoms with E-state index >= 15 is 0 Å². The van der Waals surface area contributed by atoms with E-state index in [1.165, 1.54) is 0 Å². The summed E-state index contributed by atoms with van der Waals surface area (Å²) in [5.74, 6) is 0. The van der Waals surface area contributed by atoms with E-state index in [2.05, 4.69) is 0 Å². The molecule has 0 saturated carbocycles. The second-order valence-electron chi connectivity index (χ2n) is 0.697. The van der Waals surface area contributed by atoms with E-state index in [0.29, 0.717) is 0 Å². The van der Waals surface area contributed by atoms with Crippen LogP contribution in [0, 0.1) is 0 Å². The summed E-state index contributed by atoms with van der Waals surface area (Å²) in [4.78, 5) is 34.0. The number of phosphoric acid groups is 1. The summed E-state index contributed by atoms with van der Waals surface area (Å²) in [6.45, 7) is 0. The molecule has 7 nitrogen and oxygen atoms in total. The van der Waals surface area contributed by atoms with Crippen LogP contribution in [-0.4, -0.2) is 6.16 Å². The van der Waals surface area contributed by atoms with Gasteiger partial charge in [0.2, 0.25) is 0 Å². The van der Waals surface area contributed by atoms with E-state index in [1.807, 2.05) is 0 Å². The van der Waals surface area contributed by atoms with Gasteiger partial charge in [-0.3, -0.25) is 0 Å². The maximum Gasteiger partial charge on any atom is 3.00 e. The van der Waals surface area contributed by atoms with Crippen LogP contribution in [0.25, 0.3) is 0 Å². The number of carbonyl (C=O) groups excluding carboxylic acids is 1. The van der Waals surface area contributed by atoms with Crippen molar-refractivity contribution in [1.29, 1.82) is 0 Å². The summed E-state index contributed by atoms with van der Waals surface area (Å²) in [5.41, 5.74) is 0. The third kappa shape index (κ3) is 4210. The van der Waals surface area contributed by atoms with Gasteiger partial charge in [0.1, 0.15) is 0 Å². The first-order valence-corrected chi connectivity index (χ1v) is 2.80. The van der Waals surface area contributed by atoms with E-state index in [1.54, 1.807) is 0 Å². The number of hydrogen-bond donors (Lipinski definition) is 0. The summed E-state index contributed by atoms with van der Waals surface area (Å²) in [6, 6.07) is 0. The van der Waals surface area contributed by atoms with E-state index in [-0.39, 0.29) is 34.1 Å². The molecule has 0 aliphatic rings. The second-order valence-corrected chi connectivity index (χ2v) is 1.59. The van der Waals surface area contributed by atoms with Gasteiger partial charge in [-0.2, -0.15) is 7.82 Å². The van der Waals surface area contributed by atoms with Crippen LogP contribution >= 0.6 is 7.82 Å². The summed E-state index contributed by atoms with van der Waals surface area (Å²) >= 11 is 0. The van der Waals surface area contributed by atoms with Crippen LogP contribution in [0.4, 0.5) is 4.79 Å². The molecule has 0 rings (SSSR count). The molecule has 67 valence electrons. The fourth-order valence-electron chi connectivity index (χ4n) is 0. The molecule has 0 aromatic rings. The van der Waals surface area contributed by atoms with Gasteiger partial charge in [-0.25, -0.2) is 0 Å². The average Bonchev–Trinajstić information content (AvgIpc) is 1.19. The van der Waals surface area contributed by atoms with Crippen molar-refractivity contribution in [3.63, 3.8) is 0 Å². The van der Waals surface area contributed by atoms with E-state index in [4.69, 9.17) is 34.3 Å². The fourth-order valence-corrected chi connectivity index (χ4v) is 0. The SMILES string of the molecule is O=C([O-])[O-].O=P([O-])([O-])[O-].[Fe+2].[Fe+3]. The van der Waals surface area contributed by atoms with Crippen LogP contribution in [0.1, 0.15) is 0 Å². The van der Waals surface area contributed by atoms with Gasteiger partial charge in [0.25, 0.3) is 0 Å². The molecule has 0 unspecified atom stereocenters. The fraction of sp³-hybridized carbons (Fsp3) is 0. The van der Waals surface area contributed by atoms with Crippen molar-refractivity contribution in [3.05, 3.63) is 0 Å². The van der Waals surface area contributed by atoms with Gasteiger partial charge in [-0.15, -0.1) is 0 Å². The number of rotatable bonds is 0. The van der Waals surface area contributed by atoms with Gasteiger partial charge in [0.15, 0.2) is 0 Å². The minimum Gasteiger partial charge on any atom is -0.822 e. The number of carboxylic acid groups (broad SMARTS) is 2. The van der Waals surface area contributed by atoms with Gasteiger partial charge in [-0.1, -0.05) is 0 Å². The standard InChI is InChI=1S/CH2O3.2Fe.H3O4P/c2-1(3)4;;;1-5(2,3)4/h(H2,2,3,4);;;(H3,1,2,3,4)/q;+2;+3;/p-5. The van der Waals surface area contributed by atoms with Gasteiger partial charge in [0.05, 0.1) is 0 Å². The topological polar surface area (TPSA) is 149 Å². The minimum atomic E-state index is -5.39. The average molecular weight is 267 g/mol. The maximum atomic E-state index is 8.55. The molecule has 0 aliphatic carbocycles. The molecule has 0 amide bonds. The summed E-state index contributed by atoms with van der Waals surface area (Å²) in [6.07, 6.45) is -2.33. The normalized spacial score (nSPS) is 7.55. The van der Waals surface area contributed by atoms with Crippen molar-refractivity contribution in [2.45, 2.75) is 0 Å². The maximum absolute atomic E-state index is 8.55. The van der Waals surface area contributed by atoms with Crippen LogP contribution in [0.3, 0.4) is 0 Å². The smallest absolute Gasteiger partial charge is 0.822 e. The van der Waals surface area contributed by atoms with Gasteiger partial charge < -0.3 is 34.3 Å². The van der Waals surface area contributed by atoms with E-state index < -0.39 is 14.0 Å². The molecular formula is CFe2O7P. The van der Waals surface area contributed by atoms with Crippen LogP contribution in [0.5, 0.6) is 0 Å². The number of hydrogen-bond acceptors (Lipinski definition) is 7. The first kappa shape index (κ1) is 22.5. The van der Waals surface area contributed by atoms with Crippen LogP contribution in [-0.2, 0) is 38.7 Å². The quantitative estimate of drug-likeness (QED) is 0.314. The van der Waals surface area contributed by atoms with Gasteiger partial charge in [-0.05, 0) is 6.16 Å². The Balaban J connectivity index is -0.0000000383. The third-order valence-corrected chi connectivity index (χ3v) is 0. The minimum absolute atomic E-state index is 0. The Bertz CT molecular complexity index is 116. The molecule has 0 saturated heterocycles. The molecule has 0 atom stereocenters. The Morgan fingerprint density at radius 3 is 1.09 bits per heavy atom. The Kier molecular flexibility index (Phi) is 21.3. The van der Waals surface area contributed by atoms with Gasteiger partial charge in [0, 0.05) is 0 Å². The zero-order chi connectivity index (χ0) is 8.08. The molecule has 10 heteroatoms. The molecule has 0 fully saturated rings. The predicted octanol–water partition coefficient (Wildman–Crippen LogP) is -5.28. The van der Waals surface area contributed by atoms with Crippen LogP contribution in [0.2, 0.25) is 0 Å². The molecule has 0 bridgehead atoms. The molecule has 0 aromatic carbocycles. The summed E-state index contributed by atoms with van der Waals surface area (Å²) in [5, 5.41) is 16.7. The third-order valence-electron chi connectivity index (χ3n) is 0. The van der Waals surface area contributed by atoms with E-state index in [9.17, 15) is 0 Å². The Hall–Kier alpha value is 0.419. The molecular weight excluding hydrogens is 267 g/mol. The molecule has 1 radical (unpaired) electrons. The zero-order valence-electron chi connectivity index (χ0n) is 4.51. The van der Waals surface area contributed by atoms with Crippen molar-refractivity contribution in [3.8, 4) is 0 Å². The second kappa shape index (κ2) is 10.4. The largest absolute Gasteiger partial charge is 3.00 e. The van der Waals surface area contributed by atoms with Crippen molar-refractivity contribution < 1.29 is 68.4 Å². The first-order chi connectivity index (χ1) is 3.73. The summed E-state index contributed by atoms with van der Waals surface area (Å²) < 4.78 is 8.55. The van der Waals surface area contributed by atoms with Crippen molar-refractivity contribution in [2.75, 3.05) is 0 Å². The van der Waals surface area contributed by atoms with Crippen molar-refractivity contribution >= 4 is 14.0 Å². The van der Waals surface area contributed by atoms with Crippen molar-refractivity contribution in [2.24, 2.45) is 0 Å². The Morgan fingerprint density at radius 2 is 1.09 bits per heavy atom. The monoisotopic (exact) mass is 267 g/mol. The van der Waals surface area contributed by atoms with Crippen LogP contribution in [0.15, 0.2) is 0 Å². The molecule has 0 aromatic heterocycles. The molecule has 11 heavy (non-hydrogen) atoms.